The normalized spacial score (nSPS) is 12.8. The summed E-state index contributed by atoms with van der Waals surface area (Å²) in [5.41, 5.74) is -1.93. The number of aliphatic carboxylic acids is 1. The number of hydrogen-bond acceptors (Lipinski definition) is 2. The highest BCUT2D eigenvalue weighted by atomic mass is 19.4. The highest BCUT2D eigenvalue weighted by Crippen LogP contribution is 2.35. The summed E-state index contributed by atoms with van der Waals surface area (Å²) in [4.78, 5) is 11.0. The fraction of sp³-hybridized carbons (Fsp3) is 0.250. The van der Waals surface area contributed by atoms with Crippen molar-refractivity contribution in [2.75, 3.05) is 6.54 Å². The summed E-state index contributed by atoms with van der Waals surface area (Å²) in [5, 5.41) is 11.2. The van der Waals surface area contributed by atoms with Gasteiger partial charge in [-0.2, -0.15) is 13.2 Å². The van der Waals surface area contributed by atoms with E-state index in [1.54, 1.807) is 0 Å². The molecule has 0 bridgehead atoms. The number of carbonyl (C=O) groups is 1. The van der Waals surface area contributed by atoms with Gasteiger partial charge in [-0.05, 0) is 17.7 Å². The summed E-state index contributed by atoms with van der Waals surface area (Å²) in [6.45, 7) is -0.231. The lowest BCUT2D eigenvalue weighted by atomic mass is 9.99. The summed E-state index contributed by atoms with van der Waals surface area (Å²) in [5.74, 6) is -0.572. The third-order valence-corrected chi connectivity index (χ3v) is 2.29. The molecule has 1 rings (SSSR count). The highest BCUT2D eigenvalue weighted by Gasteiger charge is 2.37. The number of benzene rings is 1. The molecule has 1 aromatic rings. The van der Waals surface area contributed by atoms with E-state index in [2.05, 4.69) is 11.2 Å². The standard InChI is InChI=1S/C12H9F4NO2/c1-2-5-17-10(11(18)19)8-4-3-7(13)6-9(8)12(14,15)16/h1,3-4,6,10,17H,5H2,(H,18,19). The van der Waals surface area contributed by atoms with Gasteiger partial charge in [-0.25, -0.2) is 4.39 Å². The Morgan fingerprint density at radius 1 is 1.47 bits per heavy atom. The lowest BCUT2D eigenvalue weighted by molar-refractivity contribution is -0.142. The first-order valence-electron chi connectivity index (χ1n) is 5.03. The zero-order chi connectivity index (χ0) is 14.6. The summed E-state index contributed by atoms with van der Waals surface area (Å²) in [7, 11) is 0. The zero-order valence-corrected chi connectivity index (χ0v) is 9.46. The van der Waals surface area contributed by atoms with Crippen LogP contribution in [0.2, 0.25) is 0 Å². The number of halogens is 4. The van der Waals surface area contributed by atoms with E-state index >= 15 is 0 Å². The van der Waals surface area contributed by atoms with Crippen LogP contribution < -0.4 is 5.32 Å². The quantitative estimate of drug-likeness (QED) is 0.654. The molecular weight excluding hydrogens is 266 g/mol. The molecule has 0 saturated carbocycles. The van der Waals surface area contributed by atoms with Crippen molar-refractivity contribution in [2.45, 2.75) is 12.2 Å². The van der Waals surface area contributed by atoms with Gasteiger partial charge in [-0.15, -0.1) is 6.42 Å². The van der Waals surface area contributed by atoms with Gasteiger partial charge in [0.15, 0.2) is 0 Å². The maximum absolute atomic E-state index is 12.9. The number of carboxylic acids is 1. The molecule has 2 N–H and O–H groups in total. The van der Waals surface area contributed by atoms with Crippen molar-refractivity contribution in [1.82, 2.24) is 5.32 Å². The van der Waals surface area contributed by atoms with Gasteiger partial charge in [0.25, 0.3) is 0 Å². The minimum atomic E-state index is -4.86. The van der Waals surface area contributed by atoms with Crippen molar-refractivity contribution in [3.8, 4) is 12.3 Å². The minimum absolute atomic E-state index is 0.231. The van der Waals surface area contributed by atoms with Gasteiger partial charge < -0.3 is 5.11 Å². The van der Waals surface area contributed by atoms with Crippen LogP contribution in [0, 0.1) is 18.2 Å². The fourth-order valence-electron chi connectivity index (χ4n) is 1.52. The molecule has 0 aliphatic carbocycles. The van der Waals surface area contributed by atoms with Crippen LogP contribution in [0.4, 0.5) is 17.6 Å². The third-order valence-electron chi connectivity index (χ3n) is 2.29. The molecule has 1 atom stereocenters. The first-order chi connectivity index (χ1) is 8.77. The van der Waals surface area contributed by atoms with Gasteiger partial charge in [-0.1, -0.05) is 12.0 Å². The molecule has 0 amide bonds. The third kappa shape index (κ3) is 3.69. The van der Waals surface area contributed by atoms with E-state index < -0.39 is 35.1 Å². The molecule has 102 valence electrons. The Morgan fingerprint density at radius 3 is 2.58 bits per heavy atom. The van der Waals surface area contributed by atoms with Gasteiger partial charge in [0.2, 0.25) is 0 Å². The molecule has 0 saturated heterocycles. The van der Waals surface area contributed by atoms with Gasteiger partial charge >= 0.3 is 12.1 Å². The van der Waals surface area contributed by atoms with E-state index in [1.807, 2.05) is 0 Å². The Kier molecular flexibility index (Phi) is 4.51. The van der Waals surface area contributed by atoms with Crippen LogP contribution in [0.3, 0.4) is 0 Å². The molecule has 0 radical (unpaired) electrons. The molecule has 3 nitrogen and oxygen atoms in total. The maximum atomic E-state index is 12.9. The molecule has 7 heteroatoms. The van der Waals surface area contributed by atoms with E-state index in [1.165, 1.54) is 0 Å². The second-order valence-electron chi connectivity index (χ2n) is 3.59. The summed E-state index contributed by atoms with van der Waals surface area (Å²) >= 11 is 0. The predicted molar refractivity (Wildman–Crippen MR) is 58.6 cm³/mol. The molecule has 19 heavy (non-hydrogen) atoms. The predicted octanol–water partition coefficient (Wildman–Crippen LogP) is 2.19. The first-order valence-corrected chi connectivity index (χ1v) is 5.03. The van der Waals surface area contributed by atoms with E-state index in [0.717, 1.165) is 12.1 Å². The van der Waals surface area contributed by atoms with E-state index in [4.69, 9.17) is 11.5 Å². The van der Waals surface area contributed by atoms with E-state index in [0.29, 0.717) is 0 Å². The van der Waals surface area contributed by atoms with Gasteiger partial charge in [0.1, 0.15) is 11.9 Å². The fourth-order valence-corrected chi connectivity index (χ4v) is 1.52. The van der Waals surface area contributed by atoms with Crippen LogP contribution in [0.25, 0.3) is 0 Å². The smallest absolute Gasteiger partial charge is 0.416 e. The number of hydrogen-bond donors (Lipinski definition) is 2. The van der Waals surface area contributed by atoms with Crippen LogP contribution in [-0.4, -0.2) is 17.6 Å². The highest BCUT2D eigenvalue weighted by molar-refractivity contribution is 5.76. The average Bonchev–Trinajstić information content (AvgIpc) is 2.29. The molecule has 1 unspecified atom stereocenters. The second-order valence-corrected chi connectivity index (χ2v) is 3.59. The Balaban J connectivity index is 3.31. The van der Waals surface area contributed by atoms with Crippen LogP contribution >= 0.6 is 0 Å². The number of carboxylic acid groups (broad SMARTS) is 1. The molecule has 0 aliphatic heterocycles. The van der Waals surface area contributed by atoms with Crippen molar-refractivity contribution in [2.24, 2.45) is 0 Å². The Morgan fingerprint density at radius 2 is 2.11 bits per heavy atom. The molecular formula is C12H9F4NO2. The molecule has 0 spiro atoms. The van der Waals surface area contributed by atoms with Crippen molar-refractivity contribution in [3.63, 3.8) is 0 Å². The van der Waals surface area contributed by atoms with Crippen LogP contribution in [-0.2, 0) is 11.0 Å². The van der Waals surface area contributed by atoms with Gasteiger partial charge in [0.05, 0.1) is 12.1 Å². The lowest BCUT2D eigenvalue weighted by Crippen LogP contribution is -2.30. The summed E-state index contributed by atoms with van der Waals surface area (Å²) < 4.78 is 51.1. The van der Waals surface area contributed by atoms with Crippen molar-refractivity contribution < 1.29 is 27.5 Å². The lowest BCUT2D eigenvalue weighted by Gasteiger charge is -2.18. The number of rotatable bonds is 4. The first kappa shape index (κ1) is 15.0. The van der Waals surface area contributed by atoms with E-state index in [9.17, 15) is 22.4 Å². The number of nitrogens with one attached hydrogen (secondary N) is 1. The Hall–Kier alpha value is -2.07. The van der Waals surface area contributed by atoms with Crippen LogP contribution in [0.1, 0.15) is 17.2 Å². The topological polar surface area (TPSA) is 49.3 Å². The second kappa shape index (κ2) is 5.71. The molecule has 1 aromatic carbocycles. The van der Waals surface area contributed by atoms with Gasteiger partial charge in [0, 0.05) is 0 Å². The SMILES string of the molecule is C#CCNC(C(=O)O)c1ccc(F)cc1C(F)(F)F. The van der Waals surface area contributed by atoms with E-state index in [-0.39, 0.29) is 12.6 Å². The van der Waals surface area contributed by atoms with Crippen LogP contribution in [0.5, 0.6) is 0 Å². The summed E-state index contributed by atoms with van der Waals surface area (Å²) in [6, 6.07) is 0.134. The number of terminal acetylenes is 1. The monoisotopic (exact) mass is 275 g/mol. The minimum Gasteiger partial charge on any atom is -0.480 e. The van der Waals surface area contributed by atoms with Crippen molar-refractivity contribution in [3.05, 3.63) is 35.1 Å². The largest absolute Gasteiger partial charge is 0.480 e. The zero-order valence-electron chi connectivity index (χ0n) is 9.46. The molecule has 0 fully saturated rings. The van der Waals surface area contributed by atoms with Crippen molar-refractivity contribution in [1.29, 1.82) is 0 Å². The average molecular weight is 275 g/mol. The molecule has 0 heterocycles. The Bertz CT molecular complexity index is 519. The number of alkyl halides is 3. The summed E-state index contributed by atoms with van der Waals surface area (Å²) in [6.07, 6.45) is 0.0572. The van der Waals surface area contributed by atoms with Gasteiger partial charge in [-0.3, -0.25) is 10.1 Å². The Labute approximate surface area is 106 Å². The molecule has 0 aliphatic rings. The molecule has 0 aromatic heterocycles. The van der Waals surface area contributed by atoms with Crippen LogP contribution in [0.15, 0.2) is 18.2 Å². The maximum Gasteiger partial charge on any atom is 0.416 e. The van der Waals surface area contributed by atoms with Crippen molar-refractivity contribution >= 4 is 5.97 Å².